The highest BCUT2D eigenvalue weighted by Crippen LogP contribution is 2.34. The molecule has 5 nitrogen and oxygen atoms in total. The molecule has 2 heterocycles. The van der Waals surface area contributed by atoms with Gasteiger partial charge in [-0.3, -0.25) is 14.5 Å². The van der Waals surface area contributed by atoms with E-state index in [0.717, 1.165) is 60.9 Å². The molecular formula is C26H32ClN3O2S. The minimum absolute atomic E-state index is 0.0196. The number of anilines is 1. The number of piperidine rings is 2. The summed E-state index contributed by atoms with van der Waals surface area (Å²) in [5.74, 6) is 1.01. The van der Waals surface area contributed by atoms with Crippen LogP contribution in [0.5, 0.6) is 0 Å². The van der Waals surface area contributed by atoms with Crippen LogP contribution < -0.4 is 5.32 Å². The molecule has 4 rings (SSSR count). The van der Waals surface area contributed by atoms with Crippen molar-refractivity contribution < 1.29 is 9.59 Å². The van der Waals surface area contributed by atoms with Crippen molar-refractivity contribution in [2.24, 2.45) is 11.8 Å². The summed E-state index contributed by atoms with van der Waals surface area (Å²) >= 11 is 7.59. The molecule has 0 spiro atoms. The van der Waals surface area contributed by atoms with Crippen LogP contribution in [0.2, 0.25) is 5.02 Å². The molecule has 7 heteroatoms. The number of rotatable bonds is 6. The van der Waals surface area contributed by atoms with Gasteiger partial charge in [-0.1, -0.05) is 42.4 Å². The van der Waals surface area contributed by atoms with E-state index in [2.05, 4.69) is 22.0 Å². The van der Waals surface area contributed by atoms with Gasteiger partial charge in [0.05, 0.1) is 12.2 Å². The number of carbonyl (C=O) groups is 2. The van der Waals surface area contributed by atoms with Gasteiger partial charge in [0.2, 0.25) is 11.8 Å². The van der Waals surface area contributed by atoms with Gasteiger partial charge in [0, 0.05) is 33.8 Å². The van der Waals surface area contributed by atoms with E-state index in [4.69, 9.17) is 11.6 Å². The van der Waals surface area contributed by atoms with E-state index < -0.39 is 0 Å². The van der Waals surface area contributed by atoms with E-state index in [1.807, 2.05) is 48.5 Å². The molecule has 33 heavy (non-hydrogen) atoms. The molecule has 2 aliphatic rings. The number of nitrogens with one attached hydrogen (secondary N) is 1. The third-order valence-electron chi connectivity index (χ3n) is 6.48. The fourth-order valence-electron chi connectivity index (χ4n) is 4.67. The van der Waals surface area contributed by atoms with Gasteiger partial charge in [-0.25, -0.2) is 0 Å². The summed E-state index contributed by atoms with van der Waals surface area (Å²) in [6, 6.07) is 15.5. The number of benzene rings is 2. The summed E-state index contributed by atoms with van der Waals surface area (Å²) in [6.07, 6.45) is 4.00. The van der Waals surface area contributed by atoms with E-state index in [1.165, 1.54) is 6.42 Å². The molecule has 0 aromatic heterocycles. The van der Waals surface area contributed by atoms with Crippen LogP contribution in [-0.2, 0) is 9.59 Å². The Morgan fingerprint density at radius 3 is 2.48 bits per heavy atom. The average molecular weight is 486 g/mol. The predicted octanol–water partition coefficient (Wildman–Crippen LogP) is 5.40. The highest BCUT2D eigenvalue weighted by Gasteiger charge is 2.31. The third kappa shape index (κ3) is 6.75. The lowest BCUT2D eigenvalue weighted by atomic mass is 9.93. The van der Waals surface area contributed by atoms with Gasteiger partial charge >= 0.3 is 0 Å². The Labute approximate surface area is 205 Å². The summed E-state index contributed by atoms with van der Waals surface area (Å²) in [6.45, 7) is 5.95. The van der Waals surface area contributed by atoms with E-state index >= 15 is 0 Å². The number of para-hydroxylation sites is 1. The standard InChI is InChI=1S/C26H32ClN3O2S/c1-19-5-4-14-30(17-19)26(32)20-12-15-29(16-13-20)18-25(31)28-23-6-2-3-7-24(23)33-22-10-8-21(27)9-11-22/h2-3,6-11,19-20H,4-5,12-18H2,1H3,(H,28,31). The second-order valence-corrected chi connectivity index (χ2v) is 10.7. The Hall–Kier alpha value is -2.02. The van der Waals surface area contributed by atoms with Gasteiger partial charge in [0.1, 0.15) is 0 Å². The molecule has 2 fully saturated rings. The molecule has 176 valence electrons. The van der Waals surface area contributed by atoms with E-state index in [9.17, 15) is 9.59 Å². The molecule has 0 aliphatic carbocycles. The fraction of sp³-hybridized carbons (Fsp3) is 0.462. The first kappa shape index (κ1) is 24.1. The van der Waals surface area contributed by atoms with Gasteiger partial charge in [0.25, 0.3) is 0 Å². The minimum atomic E-state index is -0.0196. The van der Waals surface area contributed by atoms with Crippen molar-refractivity contribution in [1.29, 1.82) is 0 Å². The van der Waals surface area contributed by atoms with Crippen LogP contribution in [-0.4, -0.2) is 54.3 Å². The first-order valence-corrected chi connectivity index (χ1v) is 13.0. The van der Waals surface area contributed by atoms with E-state index in [0.29, 0.717) is 23.4 Å². The lowest BCUT2D eigenvalue weighted by molar-refractivity contribution is -0.138. The number of amides is 2. The summed E-state index contributed by atoms with van der Waals surface area (Å²) in [7, 11) is 0. The molecule has 0 saturated carbocycles. The Bertz CT molecular complexity index is 960. The molecule has 1 unspecified atom stereocenters. The molecule has 2 aromatic carbocycles. The highest BCUT2D eigenvalue weighted by molar-refractivity contribution is 7.99. The van der Waals surface area contributed by atoms with Crippen molar-refractivity contribution in [3.8, 4) is 0 Å². The molecule has 1 atom stereocenters. The molecule has 0 bridgehead atoms. The maximum atomic E-state index is 12.9. The van der Waals surface area contributed by atoms with Crippen molar-refractivity contribution >= 4 is 40.9 Å². The van der Waals surface area contributed by atoms with Gasteiger partial charge in [0.15, 0.2) is 0 Å². The SMILES string of the molecule is CC1CCCN(C(=O)C2CCN(CC(=O)Nc3ccccc3Sc3ccc(Cl)cc3)CC2)C1. The van der Waals surface area contributed by atoms with Gasteiger partial charge < -0.3 is 10.2 Å². The zero-order chi connectivity index (χ0) is 23.2. The normalized spacial score (nSPS) is 19.9. The number of hydrogen-bond acceptors (Lipinski definition) is 4. The second-order valence-electron chi connectivity index (χ2n) is 9.18. The van der Waals surface area contributed by atoms with Crippen molar-refractivity contribution in [3.05, 3.63) is 53.6 Å². The lowest BCUT2D eigenvalue weighted by Crippen LogP contribution is -2.47. The van der Waals surface area contributed by atoms with Crippen molar-refractivity contribution in [3.63, 3.8) is 0 Å². The topological polar surface area (TPSA) is 52.7 Å². The summed E-state index contributed by atoms with van der Waals surface area (Å²) in [5, 5.41) is 3.78. The first-order valence-electron chi connectivity index (χ1n) is 11.8. The van der Waals surface area contributed by atoms with Crippen LogP contribution in [0.15, 0.2) is 58.3 Å². The largest absolute Gasteiger partial charge is 0.342 e. The van der Waals surface area contributed by atoms with Gasteiger partial charge in [-0.2, -0.15) is 0 Å². The summed E-state index contributed by atoms with van der Waals surface area (Å²) < 4.78 is 0. The maximum Gasteiger partial charge on any atom is 0.238 e. The highest BCUT2D eigenvalue weighted by atomic mass is 35.5. The smallest absolute Gasteiger partial charge is 0.238 e. The zero-order valence-electron chi connectivity index (χ0n) is 19.1. The van der Waals surface area contributed by atoms with Gasteiger partial charge in [-0.15, -0.1) is 0 Å². The van der Waals surface area contributed by atoms with Crippen LogP contribution in [0.1, 0.15) is 32.6 Å². The van der Waals surface area contributed by atoms with Crippen LogP contribution >= 0.6 is 23.4 Å². The first-order chi connectivity index (χ1) is 16.0. The van der Waals surface area contributed by atoms with Crippen LogP contribution in [0.3, 0.4) is 0 Å². The lowest BCUT2D eigenvalue weighted by Gasteiger charge is -2.37. The summed E-state index contributed by atoms with van der Waals surface area (Å²) in [5.41, 5.74) is 0.812. The Balaban J connectivity index is 1.27. The number of nitrogens with zero attached hydrogens (tertiary/aromatic N) is 2. The van der Waals surface area contributed by atoms with E-state index in [1.54, 1.807) is 11.8 Å². The fourth-order valence-corrected chi connectivity index (χ4v) is 5.69. The maximum absolute atomic E-state index is 12.9. The minimum Gasteiger partial charge on any atom is -0.342 e. The molecular weight excluding hydrogens is 454 g/mol. The monoisotopic (exact) mass is 485 g/mol. The Morgan fingerprint density at radius 1 is 1.03 bits per heavy atom. The predicted molar refractivity (Wildman–Crippen MR) is 135 cm³/mol. The van der Waals surface area contributed by atoms with Crippen molar-refractivity contribution in [2.45, 2.75) is 42.4 Å². The number of hydrogen-bond donors (Lipinski definition) is 1. The van der Waals surface area contributed by atoms with Crippen LogP contribution in [0.25, 0.3) is 0 Å². The van der Waals surface area contributed by atoms with Crippen molar-refractivity contribution in [1.82, 2.24) is 9.80 Å². The van der Waals surface area contributed by atoms with Crippen LogP contribution in [0.4, 0.5) is 5.69 Å². The zero-order valence-corrected chi connectivity index (χ0v) is 20.7. The molecule has 1 N–H and O–H groups in total. The molecule has 0 radical (unpaired) electrons. The Morgan fingerprint density at radius 2 is 1.76 bits per heavy atom. The molecule has 2 aromatic rings. The number of likely N-dealkylation sites (tertiary alicyclic amines) is 2. The number of halogens is 1. The Kier molecular flexibility index (Phi) is 8.34. The van der Waals surface area contributed by atoms with Crippen molar-refractivity contribution in [2.75, 3.05) is 38.0 Å². The quantitative estimate of drug-likeness (QED) is 0.595. The summed E-state index contributed by atoms with van der Waals surface area (Å²) in [4.78, 5) is 32.0. The third-order valence-corrected chi connectivity index (χ3v) is 7.81. The van der Waals surface area contributed by atoms with Crippen LogP contribution in [0, 0.1) is 11.8 Å². The van der Waals surface area contributed by atoms with E-state index in [-0.39, 0.29) is 11.8 Å². The molecule has 2 saturated heterocycles. The molecule has 2 aliphatic heterocycles. The number of carbonyl (C=O) groups excluding carboxylic acids is 2. The van der Waals surface area contributed by atoms with Gasteiger partial charge in [-0.05, 0) is 81.1 Å². The second kappa shape index (κ2) is 11.4. The average Bonchev–Trinajstić information content (AvgIpc) is 2.82. The molecule has 2 amide bonds.